The summed E-state index contributed by atoms with van der Waals surface area (Å²) >= 11 is 0. The Bertz CT molecular complexity index is 946. The lowest BCUT2D eigenvalue weighted by Gasteiger charge is -2.13. The highest BCUT2D eigenvalue weighted by molar-refractivity contribution is 5.98. The molecule has 0 aromatic heterocycles. The quantitative estimate of drug-likeness (QED) is 0.387. The lowest BCUT2D eigenvalue weighted by Crippen LogP contribution is -2.07. The van der Waals surface area contributed by atoms with Gasteiger partial charge in [0.2, 0.25) is 0 Å². The second-order valence-electron chi connectivity index (χ2n) is 6.43. The smallest absolute Gasteiger partial charge is 0.188 e. The van der Waals surface area contributed by atoms with Crippen LogP contribution in [0, 0.1) is 0 Å². The number of ether oxygens (including phenoxy) is 4. The predicted molar refractivity (Wildman–Crippen MR) is 112 cm³/mol. The summed E-state index contributed by atoms with van der Waals surface area (Å²) in [6.07, 6.45) is 0.218. The summed E-state index contributed by atoms with van der Waals surface area (Å²) in [5, 5.41) is 0. The van der Waals surface area contributed by atoms with Gasteiger partial charge in [0.25, 0.3) is 0 Å². The molecule has 0 aliphatic rings. The lowest BCUT2D eigenvalue weighted by molar-refractivity contribution is 0.0503. The molecule has 0 saturated carbocycles. The van der Waals surface area contributed by atoms with Crippen LogP contribution < -0.4 is 14.2 Å². The zero-order valence-electron chi connectivity index (χ0n) is 16.8. The van der Waals surface area contributed by atoms with Crippen LogP contribution in [0.4, 0.5) is 0 Å². The van der Waals surface area contributed by atoms with E-state index in [0.717, 1.165) is 22.4 Å². The number of benzene rings is 3. The van der Waals surface area contributed by atoms with Crippen molar-refractivity contribution >= 4 is 5.78 Å². The Labute approximate surface area is 170 Å². The standard InChI is InChI=1S/C24H24O5/c1-26-16-29-24-13-8-19(17-4-9-21(27-2)10-5-17)14-20(24)15-23(25)18-6-11-22(28-3)12-7-18/h4-14H,15-16H2,1-3H3. The van der Waals surface area contributed by atoms with Crippen molar-refractivity contribution in [2.24, 2.45) is 0 Å². The minimum Gasteiger partial charge on any atom is -0.497 e. The van der Waals surface area contributed by atoms with E-state index in [1.165, 1.54) is 0 Å². The van der Waals surface area contributed by atoms with Gasteiger partial charge < -0.3 is 18.9 Å². The molecule has 3 aromatic carbocycles. The number of carbonyl (C=O) groups is 1. The van der Waals surface area contributed by atoms with Gasteiger partial charge in [-0.05, 0) is 59.7 Å². The second kappa shape index (κ2) is 9.75. The van der Waals surface area contributed by atoms with E-state index in [1.807, 2.05) is 42.5 Å². The molecule has 0 aliphatic heterocycles. The Kier molecular flexibility index (Phi) is 6.87. The van der Waals surface area contributed by atoms with Crippen molar-refractivity contribution in [2.45, 2.75) is 6.42 Å². The van der Waals surface area contributed by atoms with E-state index in [1.54, 1.807) is 45.6 Å². The third-order valence-corrected chi connectivity index (χ3v) is 4.58. The molecule has 0 unspecified atom stereocenters. The molecule has 5 nitrogen and oxygen atoms in total. The molecule has 3 rings (SSSR count). The monoisotopic (exact) mass is 392 g/mol. The third-order valence-electron chi connectivity index (χ3n) is 4.58. The molecule has 0 aliphatic carbocycles. The van der Waals surface area contributed by atoms with Gasteiger partial charge in [0.05, 0.1) is 14.2 Å². The molecule has 0 fully saturated rings. The molecule has 5 heteroatoms. The summed E-state index contributed by atoms with van der Waals surface area (Å²) in [4.78, 5) is 12.8. The van der Waals surface area contributed by atoms with E-state index < -0.39 is 0 Å². The van der Waals surface area contributed by atoms with Crippen LogP contribution in [0.1, 0.15) is 15.9 Å². The lowest BCUT2D eigenvalue weighted by atomic mass is 9.97. The number of methoxy groups -OCH3 is 3. The summed E-state index contributed by atoms with van der Waals surface area (Å²) < 4.78 is 21.1. The number of ketones is 1. The van der Waals surface area contributed by atoms with Gasteiger partial charge in [-0.25, -0.2) is 0 Å². The van der Waals surface area contributed by atoms with Crippen molar-refractivity contribution in [3.63, 3.8) is 0 Å². The van der Waals surface area contributed by atoms with Gasteiger partial charge in [-0.2, -0.15) is 0 Å². The predicted octanol–water partition coefficient (Wildman–Crippen LogP) is 4.78. The fourth-order valence-corrected chi connectivity index (χ4v) is 3.00. The highest BCUT2D eigenvalue weighted by atomic mass is 16.7. The molecular formula is C24H24O5. The van der Waals surface area contributed by atoms with Crippen molar-refractivity contribution < 1.29 is 23.7 Å². The Balaban J connectivity index is 1.89. The largest absolute Gasteiger partial charge is 0.497 e. The van der Waals surface area contributed by atoms with Crippen LogP contribution in [0.2, 0.25) is 0 Å². The van der Waals surface area contributed by atoms with E-state index in [0.29, 0.717) is 17.1 Å². The fraction of sp³-hybridized carbons (Fsp3) is 0.208. The first-order valence-electron chi connectivity index (χ1n) is 9.21. The summed E-state index contributed by atoms with van der Waals surface area (Å²) in [5.74, 6) is 2.14. The molecule has 0 N–H and O–H groups in total. The van der Waals surface area contributed by atoms with Crippen molar-refractivity contribution in [3.05, 3.63) is 77.9 Å². The normalized spacial score (nSPS) is 10.4. The van der Waals surface area contributed by atoms with Gasteiger partial charge in [-0.3, -0.25) is 4.79 Å². The number of hydrogen-bond donors (Lipinski definition) is 0. The Hall–Kier alpha value is -3.31. The molecule has 0 radical (unpaired) electrons. The average molecular weight is 392 g/mol. The van der Waals surface area contributed by atoms with Crippen molar-refractivity contribution in [1.29, 1.82) is 0 Å². The van der Waals surface area contributed by atoms with Crippen LogP contribution in [0.15, 0.2) is 66.7 Å². The first-order valence-corrected chi connectivity index (χ1v) is 9.21. The minimum absolute atomic E-state index is 0.00167. The molecule has 150 valence electrons. The first kappa shape index (κ1) is 20.4. The number of carbonyl (C=O) groups excluding carboxylic acids is 1. The van der Waals surface area contributed by atoms with Gasteiger partial charge in [-0.1, -0.05) is 18.2 Å². The van der Waals surface area contributed by atoms with E-state index in [2.05, 4.69) is 0 Å². The molecule has 29 heavy (non-hydrogen) atoms. The number of hydrogen-bond acceptors (Lipinski definition) is 5. The highest BCUT2D eigenvalue weighted by Gasteiger charge is 2.13. The molecule has 0 saturated heterocycles. The topological polar surface area (TPSA) is 54.0 Å². The molecule has 0 heterocycles. The summed E-state index contributed by atoms with van der Waals surface area (Å²) in [6, 6.07) is 20.7. The summed E-state index contributed by atoms with van der Waals surface area (Å²) in [6.45, 7) is 0.117. The number of Topliss-reactive ketones (excluding diaryl/α,β-unsaturated/α-hetero) is 1. The van der Waals surface area contributed by atoms with Crippen molar-refractivity contribution in [1.82, 2.24) is 0 Å². The van der Waals surface area contributed by atoms with Crippen LogP contribution >= 0.6 is 0 Å². The average Bonchev–Trinajstić information content (AvgIpc) is 2.78. The van der Waals surface area contributed by atoms with Gasteiger partial charge in [0.15, 0.2) is 12.6 Å². The number of rotatable bonds is 9. The third kappa shape index (κ3) is 5.15. The van der Waals surface area contributed by atoms with Crippen molar-refractivity contribution in [2.75, 3.05) is 28.1 Å². The van der Waals surface area contributed by atoms with Crippen LogP contribution in [-0.2, 0) is 11.2 Å². The Morgan fingerprint density at radius 3 is 1.93 bits per heavy atom. The van der Waals surface area contributed by atoms with E-state index >= 15 is 0 Å². The van der Waals surface area contributed by atoms with Crippen molar-refractivity contribution in [3.8, 4) is 28.4 Å². The van der Waals surface area contributed by atoms with E-state index in [9.17, 15) is 4.79 Å². The fourth-order valence-electron chi connectivity index (χ4n) is 3.00. The molecule has 0 amide bonds. The minimum atomic E-state index is 0.00167. The first-order chi connectivity index (χ1) is 14.1. The summed E-state index contributed by atoms with van der Waals surface area (Å²) in [5.41, 5.74) is 3.45. The van der Waals surface area contributed by atoms with Crippen LogP contribution in [0.3, 0.4) is 0 Å². The molecular weight excluding hydrogens is 368 g/mol. The zero-order valence-corrected chi connectivity index (χ0v) is 16.8. The van der Waals surface area contributed by atoms with E-state index in [-0.39, 0.29) is 19.0 Å². The maximum atomic E-state index is 12.8. The van der Waals surface area contributed by atoms with Crippen LogP contribution in [0.5, 0.6) is 17.2 Å². The molecule has 0 spiro atoms. The SMILES string of the molecule is COCOc1ccc(-c2ccc(OC)cc2)cc1CC(=O)c1ccc(OC)cc1. The Morgan fingerprint density at radius 1 is 0.759 bits per heavy atom. The molecule has 0 atom stereocenters. The second-order valence-corrected chi connectivity index (χ2v) is 6.43. The van der Waals surface area contributed by atoms with Crippen LogP contribution in [-0.4, -0.2) is 33.9 Å². The van der Waals surface area contributed by atoms with E-state index in [4.69, 9.17) is 18.9 Å². The van der Waals surface area contributed by atoms with Gasteiger partial charge >= 0.3 is 0 Å². The molecule has 3 aromatic rings. The molecule has 0 bridgehead atoms. The Morgan fingerprint density at radius 2 is 1.34 bits per heavy atom. The van der Waals surface area contributed by atoms with Gasteiger partial charge in [0.1, 0.15) is 17.2 Å². The van der Waals surface area contributed by atoms with Gasteiger partial charge in [-0.15, -0.1) is 0 Å². The highest BCUT2D eigenvalue weighted by Crippen LogP contribution is 2.29. The van der Waals surface area contributed by atoms with Gasteiger partial charge in [0, 0.05) is 24.7 Å². The maximum Gasteiger partial charge on any atom is 0.188 e. The zero-order chi connectivity index (χ0) is 20.6. The van der Waals surface area contributed by atoms with Crippen LogP contribution in [0.25, 0.3) is 11.1 Å². The maximum absolute atomic E-state index is 12.8. The summed E-state index contributed by atoms with van der Waals surface area (Å²) in [7, 11) is 4.80.